The normalized spacial score (nSPS) is 11.0. The fourth-order valence-corrected chi connectivity index (χ4v) is 1.90. The molecule has 5 nitrogen and oxygen atoms in total. The molecule has 21 heavy (non-hydrogen) atoms. The number of hydrogen-bond acceptors (Lipinski definition) is 4. The van der Waals surface area contributed by atoms with Gasteiger partial charge in [-0.3, -0.25) is 4.79 Å². The van der Waals surface area contributed by atoms with Gasteiger partial charge in [0, 0.05) is 20.3 Å². The van der Waals surface area contributed by atoms with Crippen LogP contribution in [0.2, 0.25) is 0 Å². The lowest BCUT2D eigenvalue weighted by Crippen LogP contribution is -2.26. The average Bonchev–Trinajstić information content (AvgIpc) is 2.46. The van der Waals surface area contributed by atoms with Gasteiger partial charge in [-0.05, 0) is 55.2 Å². The van der Waals surface area contributed by atoms with Crippen LogP contribution in [0, 0.1) is 25.2 Å². The second-order valence-corrected chi connectivity index (χ2v) is 4.78. The maximum Gasteiger partial charge on any atom is 0.261 e. The molecule has 0 unspecified atom stereocenters. The SMILES string of the molecule is COCCCNC(=O)C(C#N)=Cc1cc(C)c(O)c(C)c1. The molecule has 1 aromatic carbocycles. The highest BCUT2D eigenvalue weighted by Gasteiger charge is 2.09. The van der Waals surface area contributed by atoms with Crippen molar-refractivity contribution in [3.63, 3.8) is 0 Å². The second-order valence-electron chi connectivity index (χ2n) is 4.78. The zero-order valence-corrected chi connectivity index (χ0v) is 12.6. The van der Waals surface area contributed by atoms with E-state index in [1.807, 2.05) is 6.07 Å². The summed E-state index contributed by atoms with van der Waals surface area (Å²) in [5, 5.41) is 21.5. The molecule has 0 spiro atoms. The van der Waals surface area contributed by atoms with Crippen molar-refractivity contribution >= 4 is 12.0 Å². The van der Waals surface area contributed by atoms with Gasteiger partial charge in [-0.25, -0.2) is 0 Å². The van der Waals surface area contributed by atoms with E-state index in [1.54, 1.807) is 33.1 Å². The monoisotopic (exact) mass is 288 g/mol. The van der Waals surface area contributed by atoms with Gasteiger partial charge in [0.25, 0.3) is 5.91 Å². The number of hydrogen-bond donors (Lipinski definition) is 2. The lowest BCUT2D eigenvalue weighted by molar-refractivity contribution is -0.117. The third-order valence-corrected chi connectivity index (χ3v) is 3.00. The summed E-state index contributed by atoms with van der Waals surface area (Å²) in [6.07, 6.45) is 2.21. The number of nitriles is 1. The zero-order chi connectivity index (χ0) is 15.8. The topological polar surface area (TPSA) is 82.3 Å². The predicted octanol–water partition coefficient (Wildman–Crippen LogP) is 2.07. The maximum atomic E-state index is 11.9. The van der Waals surface area contributed by atoms with Crippen molar-refractivity contribution < 1.29 is 14.6 Å². The number of ether oxygens (including phenoxy) is 1. The van der Waals surface area contributed by atoms with Crippen molar-refractivity contribution in [2.75, 3.05) is 20.3 Å². The van der Waals surface area contributed by atoms with Crippen LogP contribution < -0.4 is 5.32 Å². The number of rotatable bonds is 6. The van der Waals surface area contributed by atoms with Crippen LogP contribution in [-0.2, 0) is 9.53 Å². The number of amides is 1. The average molecular weight is 288 g/mol. The minimum atomic E-state index is -0.406. The van der Waals surface area contributed by atoms with E-state index >= 15 is 0 Å². The Kier molecular flexibility index (Phi) is 6.44. The van der Waals surface area contributed by atoms with Crippen molar-refractivity contribution in [1.29, 1.82) is 5.26 Å². The van der Waals surface area contributed by atoms with Crippen molar-refractivity contribution in [2.24, 2.45) is 0 Å². The number of carbonyl (C=O) groups excluding carboxylic acids is 1. The third-order valence-electron chi connectivity index (χ3n) is 3.00. The molecule has 0 aromatic heterocycles. The molecule has 1 rings (SSSR count). The van der Waals surface area contributed by atoms with Gasteiger partial charge >= 0.3 is 0 Å². The number of methoxy groups -OCH3 is 1. The fourth-order valence-electron chi connectivity index (χ4n) is 1.90. The molecule has 112 valence electrons. The van der Waals surface area contributed by atoms with Gasteiger partial charge in [-0.2, -0.15) is 5.26 Å². The van der Waals surface area contributed by atoms with Gasteiger partial charge in [0.05, 0.1) is 0 Å². The van der Waals surface area contributed by atoms with Crippen molar-refractivity contribution in [2.45, 2.75) is 20.3 Å². The smallest absolute Gasteiger partial charge is 0.261 e. The number of benzene rings is 1. The number of phenolic OH excluding ortho intramolecular Hbond substituents is 1. The summed E-state index contributed by atoms with van der Waals surface area (Å²) < 4.78 is 4.89. The highest BCUT2D eigenvalue weighted by atomic mass is 16.5. The molecular weight excluding hydrogens is 268 g/mol. The molecule has 1 aromatic rings. The molecule has 0 atom stereocenters. The second kappa shape index (κ2) is 8.08. The summed E-state index contributed by atoms with van der Waals surface area (Å²) in [6, 6.07) is 5.37. The van der Waals surface area contributed by atoms with Gasteiger partial charge in [-0.15, -0.1) is 0 Å². The van der Waals surface area contributed by atoms with Crippen molar-refractivity contribution in [3.05, 3.63) is 34.4 Å². The number of nitrogens with zero attached hydrogens (tertiary/aromatic N) is 1. The largest absolute Gasteiger partial charge is 0.507 e. The van der Waals surface area contributed by atoms with Crippen LogP contribution in [0.3, 0.4) is 0 Å². The Morgan fingerprint density at radius 1 is 1.43 bits per heavy atom. The lowest BCUT2D eigenvalue weighted by atomic mass is 10.0. The van der Waals surface area contributed by atoms with Gasteiger partial charge in [-0.1, -0.05) is 0 Å². The number of carbonyl (C=O) groups is 1. The van der Waals surface area contributed by atoms with Crippen LogP contribution in [0.4, 0.5) is 0 Å². The molecular formula is C16H20N2O3. The van der Waals surface area contributed by atoms with Crippen molar-refractivity contribution in [1.82, 2.24) is 5.32 Å². The van der Waals surface area contributed by atoms with Crippen LogP contribution in [0.1, 0.15) is 23.1 Å². The van der Waals surface area contributed by atoms with Crippen LogP contribution in [0.25, 0.3) is 6.08 Å². The molecule has 0 aliphatic rings. The third kappa shape index (κ3) is 4.93. The highest BCUT2D eigenvalue weighted by molar-refractivity contribution is 6.01. The molecule has 2 N–H and O–H groups in total. The zero-order valence-electron chi connectivity index (χ0n) is 12.6. The molecule has 0 bridgehead atoms. The first kappa shape index (κ1) is 16.7. The predicted molar refractivity (Wildman–Crippen MR) is 80.7 cm³/mol. The van der Waals surface area contributed by atoms with Gasteiger partial charge in [0.15, 0.2) is 0 Å². The first-order chi connectivity index (χ1) is 9.99. The van der Waals surface area contributed by atoms with Gasteiger partial charge in [0.2, 0.25) is 0 Å². The van der Waals surface area contributed by atoms with E-state index in [1.165, 1.54) is 6.08 Å². The van der Waals surface area contributed by atoms with E-state index in [0.29, 0.717) is 36.3 Å². The van der Waals surface area contributed by atoms with Crippen molar-refractivity contribution in [3.8, 4) is 11.8 Å². The Morgan fingerprint density at radius 3 is 2.57 bits per heavy atom. The summed E-state index contributed by atoms with van der Waals surface area (Å²) in [4.78, 5) is 11.9. The Bertz CT molecular complexity index is 563. The lowest BCUT2D eigenvalue weighted by Gasteiger charge is -2.06. The van der Waals surface area contributed by atoms with E-state index in [4.69, 9.17) is 10.00 Å². The Morgan fingerprint density at radius 2 is 2.05 bits per heavy atom. The molecule has 0 aliphatic heterocycles. The van der Waals surface area contributed by atoms with Gasteiger partial charge < -0.3 is 15.2 Å². The van der Waals surface area contributed by atoms with Crippen LogP contribution >= 0.6 is 0 Å². The van der Waals surface area contributed by atoms with Gasteiger partial charge in [0.1, 0.15) is 17.4 Å². The summed E-state index contributed by atoms with van der Waals surface area (Å²) in [5.41, 5.74) is 2.17. The van der Waals surface area contributed by atoms with E-state index in [9.17, 15) is 9.90 Å². The number of aryl methyl sites for hydroxylation is 2. The van der Waals surface area contributed by atoms with E-state index < -0.39 is 5.91 Å². The first-order valence-corrected chi connectivity index (χ1v) is 6.68. The molecule has 5 heteroatoms. The summed E-state index contributed by atoms with van der Waals surface area (Å²) in [6.45, 7) is 4.56. The minimum absolute atomic E-state index is 0.0388. The summed E-state index contributed by atoms with van der Waals surface area (Å²) in [7, 11) is 1.60. The molecule has 0 saturated heterocycles. The molecule has 0 aliphatic carbocycles. The number of nitrogens with one attached hydrogen (secondary N) is 1. The molecule has 1 amide bonds. The quantitative estimate of drug-likeness (QED) is 0.477. The molecule has 0 fully saturated rings. The Labute approximate surface area is 124 Å². The Balaban J connectivity index is 2.84. The maximum absolute atomic E-state index is 11.9. The van der Waals surface area contributed by atoms with E-state index in [0.717, 1.165) is 0 Å². The standard InChI is InChI=1S/C16H20N2O3/c1-11-7-13(8-12(2)15(11)19)9-14(10-17)16(20)18-5-4-6-21-3/h7-9,19H,4-6H2,1-3H3,(H,18,20). The molecule has 0 saturated carbocycles. The number of phenols is 1. The molecule has 0 heterocycles. The van der Waals surface area contributed by atoms with Crippen LogP contribution in [0.15, 0.2) is 17.7 Å². The van der Waals surface area contributed by atoms with Crippen LogP contribution in [0.5, 0.6) is 5.75 Å². The summed E-state index contributed by atoms with van der Waals surface area (Å²) in [5.74, 6) is -0.174. The molecule has 0 radical (unpaired) electrons. The minimum Gasteiger partial charge on any atom is -0.507 e. The van der Waals surface area contributed by atoms with Crippen LogP contribution in [-0.4, -0.2) is 31.3 Å². The number of aromatic hydroxyl groups is 1. The summed E-state index contributed by atoms with van der Waals surface area (Å²) >= 11 is 0. The Hall–Kier alpha value is -2.32. The fraction of sp³-hybridized carbons (Fsp3) is 0.375. The van der Waals surface area contributed by atoms with E-state index in [-0.39, 0.29) is 11.3 Å². The van der Waals surface area contributed by atoms with E-state index in [2.05, 4.69) is 5.32 Å². The highest BCUT2D eigenvalue weighted by Crippen LogP contribution is 2.24. The first-order valence-electron chi connectivity index (χ1n) is 6.68.